The standard InChI is InChI=1S/C28H42O4.2C25H34O5.C25H36O4.C25H32O4/c1-8-9-10-11-14-27(4,5)20-16-23(29)25-21-15-19(26(30)31-18(2)3)12-13-22(21)28(6,7)32-24(25)17-20;1-6-7-8-9-12-24(2,3)18-14-19-20(22(27)21(18)26)16-13-15(23(28)29)10-11-17(16)25(4,5)30-19;1-6-7-8-9-12-24(2,3)18-14-19(26)20-16-13-15(23(28)29)10-11-17(16)25(4,5)30-22(20)21(18)27;2*1-6-7-8-9-12-24(2,3)17-14-20(26)22-18-13-16(23(27)28)10-11-19(18)25(4,5)29-21(22)15-17/h12,16-18,21-22,29H,8-11,13-15H2,1-7H3;2*10,14,16-17H,6-9,11-13H2,1-5H3,(H,28,29);13-15,18-19,26H,6-12H2,1-5H3,(H,27,28);10-11,13-15,26H,6-9,12H2,1-5H3,(H,27,28)/t21-,22-;2*16-,17-;18-,19-;/m1111./s1. The van der Waals surface area contributed by atoms with Crippen LogP contribution in [0.15, 0.2) is 147 Å². The summed E-state index contributed by atoms with van der Waals surface area (Å²) in [7, 11) is 0. The number of aromatic hydroxyl groups is 3. The number of phenolic OH excluding ortho intramolecular Hbond substituents is 3. The molecule has 7 N–H and O–H groups in total. The number of carbonyl (C=O) groups is 9. The highest BCUT2D eigenvalue weighted by Gasteiger charge is 2.56. The second-order valence-corrected chi connectivity index (χ2v) is 50.5. The lowest BCUT2D eigenvalue weighted by atomic mass is 9.63. The first-order valence-corrected chi connectivity index (χ1v) is 56.3. The first-order chi connectivity index (χ1) is 70.1. The molecule has 4 aromatic rings. The maximum atomic E-state index is 13.5. The molecule has 0 saturated carbocycles. The average Bonchev–Trinajstić information content (AvgIpc) is 0.742. The van der Waals surface area contributed by atoms with Crippen molar-refractivity contribution in [1.29, 1.82) is 0 Å². The van der Waals surface area contributed by atoms with E-state index in [9.17, 15) is 78.9 Å². The van der Waals surface area contributed by atoms with Crippen LogP contribution in [-0.2, 0) is 74.4 Å². The molecule has 0 saturated heterocycles. The number of hydrogen-bond donors (Lipinski definition) is 7. The van der Waals surface area contributed by atoms with Crippen molar-refractivity contribution in [2.45, 2.75) is 461 Å². The Hall–Kier alpha value is -10.8. The number of fused-ring (bicyclic) bond motifs is 13. The topological polar surface area (TPSA) is 351 Å². The van der Waals surface area contributed by atoms with Crippen LogP contribution in [-0.4, -0.2) is 117 Å². The maximum Gasteiger partial charge on any atom is 0.335 e. The zero-order valence-corrected chi connectivity index (χ0v) is 95.4. The molecule has 8 atom stereocenters. The molecule has 22 heteroatoms. The number of allylic oxidation sites excluding steroid dienone is 10. The van der Waals surface area contributed by atoms with Gasteiger partial charge in [-0.2, -0.15) is 0 Å². The summed E-state index contributed by atoms with van der Waals surface area (Å²) in [5.41, 5.74) is 7.17. The summed E-state index contributed by atoms with van der Waals surface area (Å²) < 4.78 is 37.1. The predicted octanol–water partition coefficient (Wildman–Crippen LogP) is 30.5. The first-order valence-electron chi connectivity index (χ1n) is 56.3. The smallest absolute Gasteiger partial charge is 0.335 e. The number of carboxylic acid groups (broad SMARTS) is 4. The normalized spacial score (nSPS) is 22.2. The molecule has 822 valence electrons. The van der Waals surface area contributed by atoms with E-state index in [2.05, 4.69) is 116 Å². The van der Waals surface area contributed by atoms with E-state index in [1.165, 1.54) is 76.7 Å². The fourth-order valence-electron chi connectivity index (χ4n) is 25.1. The number of ketones is 4. The molecule has 0 fully saturated rings. The summed E-state index contributed by atoms with van der Waals surface area (Å²) in [6.07, 6.45) is 42.9. The first kappa shape index (κ1) is 119. The van der Waals surface area contributed by atoms with E-state index in [-0.39, 0.29) is 128 Å². The molecule has 150 heavy (non-hydrogen) atoms. The minimum Gasteiger partial charge on any atom is -0.508 e. The second kappa shape index (κ2) is 48.3. The van der Waals surface area contributed by atoms with E-state index in [1.54, 1.807) is 36.4 Å². The Labute approximate surface area is 894 Å². The highest BCUT2D eigenvalue weighted by molar-refractivity contribution is 6.50. The molecule has 11 aliphatic rings. The predicted molar refractivity (Wildman–Crippen MR) is 591 cm³/mol. The largest absolute Gasteiger partial charge is 0.508 e. The molecule has 15 rings (SSSR count). The minimum absolute atomic E-state index is 0.0342. The van der Waals surface area contributed by atoms with Crippen molar-refractivity contribution in [3.63, 3.8) is 0 Å². The van der Waals surface area contributed by atoms with Gasteiger partial charge in [-0.25, -0.2) is 24.0 Å². The number of benzene rings is 4. The van der Waals surface area contributed by atoms with Crippen molar-refractivity contribution in [3.05, 3.63) is 186 Å². The van der Waals surface area contributed by atoms with E-state index < -0.39 is 68.7 Å². The fraction of sp³-hybridized carbons (Fsp3) is 0.617. The SMILES string of the molecule is CCCCCCC(C)(C)C1=CC(=O)C2=C(OC(C)(C)[C@@H]3CC=C(C(=O)O)C[C@@H]23)C1=O.CCCCCCC(C)(C)C1=CC2=C(C(=O)C1=O)[C@@H]1CC(C(=O)O)=CC[C@H]1C(C)(C)O2.CCCCCCC(C)(C)c1cc(O)c2c(c1)OC(C)(C)[C@@H]1CC=C(C(=O)OC(C)C)C[C@@H]21.CCCCCCC(C)(C)c1cc(O)c2c(c1)OC(C)(C)[C@@H]1CCC(C(=O)O)=C[C@@H]21.CCCCCCC(C)(C)c1cc(O)c2c(c1)OC(C)(C)c1ccc(C(=O)O)cc1-2. The van der Waals surface area contributed by atoms with Gasteiger partial charge >= 0.3 is 29.8 Å². The molecule has 0 bridgehead atoms. The Morgan fingerprint density at radius 2 is 0.793 bits per heavy atom. The molecule has 0 radical (unpaired) electrons. The minimum atomic E-state index is -0.983. The molecule has 5 aliphatic heterocycles. The summed E-state index contributed by atoms with van der Waals surface area (Å²) in [5.74, 6) is -2.43. The Morgan fingerprint density at radius 3 is 1.25 bits per heavy atom. The molecule has 0 amide bonds. The van der Waals surface area contributed by atoms with Gasteiger partial charge in [0.2, 0.25) is 17.3 Å². The zero-order chi connectivity index (χ0) is 111. The number of aromatic carboxylic acids is 1. The lowest BCUT2D eigenvalue weighted by Crippen LogP contribution is -2.49. The van der Waals surface area contributed by atoms with Gasteiger partial charge in [0.05, 0.1) is 17.2 Å². The van der Waals surface area contributed by atoms with Gasteiger partial charge in [-0.05, 0) is 277 Å². The number of esters is 1. The number of rotatable bonds is 36. The van der Waals surface area contributed by atoms with Crippen LogP contribution in [0, 0.1) is 46.3 Å². The van der Waals surface area contributed by atoms with Gasteiger partial charge in [0, 0.05) is 109 Å². The summed E-state index contributed by atoms with van der Waals surface area (Å²) >= 11 is 0. The van der Waals surface area contributed by atoms with E-state index in [1.807, 2.05) is 120 Å². The number of hydrogen-bond acceptors (Lipinski definition) is 18. The lowest BCUT2D eigenvalue weighted by molar-refractivity contribution is -0.143. The van der Waals surface area contributed by atoms with Gasteiger partial charge in [0.25, 0.3) is 0 Å². The van der Waals surface area contributed by atoms with Crippen molar-refractivity contribution < 1.29 is 107 Å². The van der Waals surface area contributed by atoms with Crippen LogP contribution >= 0.6 is 0 Å². The number of ether oxygens (including phenoxy) is 6. The van der Waals surface area contributed by atoms with Crippen molar-refractivity contribution in [1.82, 2.24) is 0 Å². The Kier molecular flexibility index (Phi) is 38.4. The fourth-order valence-corrected chi connectivity index (χ4v) is 25.1. The van der Waals surface area contributed by atoms with Crippen LogP contribution < -0.4 is 14.2 Å². The van der Waals surface area contributed by atoms with Crippen molar-refractivity contribution in [2.75, 3.05) is 0 Å². The molecule has 4 aromatic carbocycles. The number of phenols is 3. The van der Waals surface area contributed by atoms with E-state index >= 15 is 0 Å². The summed E-state index contributed by atoms with van der Waals surface area (Å²) in [5, 5.41) is 70.9. The molecule has 6 aliphatic carbocycles. The highest BCUT2D eigenvalue weighted by atomic mass is 16.5. The van der Waals surface area contributed by atoms with Gasteiger partial charge in [0.15, 0.2) is 11.5 Å². The van der Waals surface area contributed by atoms with Crippen molar-refractivity contribution in [3.8, 4) is 45.6 Å². The van der Waals surface area contributed by atoms with Crippen molar-refractivity contribution >= 4 is 53.0 Å². The third kappa shape index (κ3) is 27.2. The van der Waals surface area contributed by atoms with Crippen LogP contribution in [0.2, 0.25) is 0 Å². The monoisotopic (exact) mass is 2070 g/mol. The average molecular weight is 2070 g/mol. The molecule has 5 heterocycles. The zero-order valence-electron chi connectivity index (χ0n) is 95.4. The van der Waals surface area contributed by atoms with Crippen LogP contribution in [0.3, 0.4) is 0 Å². The van der Waals surface area contributed by atoms with Gasteiger partial charge in [-0.1, -0.05) is 263 Å². The van der Waals surface area contributed by atoms with Gasteiger partial charge < -0.3 is 64.2 Å². The number of carbonyl (C=O) groups excluding carboxylic acids is 5. The molecule has 22 nitrogen and oxygen atoms in total. The van der Waals surface area contributed by atoms with Gasteiger partial charge in [0.1, 0.15) is 68.3 Å². The Morgan fingerprint density at radius 1 is 0.400 bits per heavy atom. The number of unbranched alkanes of at least 4 members (excludes halogenated alkanes) is 15. The number of Topliss-reactive ketones (excluding diaryl/α,β-unsaturated/α-hetero) is 3. The second-order valence-electron chi connectivity index (χ2n) is 50.5. The Bertz CT molecular complexity index is 5960. The lowest BCUT2D eigenvalue weighted by Gasteiger charge is -2.48. The summed E-state index contributed by atoms with van der Waals surface area (Å²) in [6.45, 7) is 56.3. The third-order valence-corrected chi connectivity index (χ3v) is 34.5. The number of carboxylic acids is 4. The molecular formula is C128H178O22. The number of aliphatic carboxylic acids is 3. The van der Waals surface area contributed by atoms with E-state index in [4.69, 9.17) is 28.4 Å². The Balaban J connectivity index is 0.000000178. The summed E-state index contributed by atoms with van der Waals surface area (Å²) in [4.78, 5) is 112. The third-order valence-electron chi connectivity index (χ3n) is 34.5. The van der Waals surface area contributed by atoms with Gasteiger partial charge in [-0.15, -0.1) is 0 Å². The van der Waals surface area contributed by atoms with E-state index in [0.717, 1.165) is 147 Å². The van der Waals surface area contributed by atoms with Gasteiger partial charge in [-0.3, -0.25) is 19.2 Å². The van der Waals surface area contributed by atoms with Crippen molar-refractivity contribution in [2.24, 2.45) is 46.3 Å². The quantitative estimate of drug-likeness (QED) is 0.00731. The molecule has 0 spiro atoms. The van der Waals surface area contributed by atoms with Crippen LogP contribution in [0.4, 0.5) is 0 Å². The molecular weight excluding hydrogens is 1890 g/mol. The van der Waals surface area contributed by atoms with E-state index in [0.29, 0.717) is 98.8 Å². The molecule has 0 unspecified atom stereocenters. The summed E-state index contributed by atoms with van der Waals surface area (Å²) in [6, 6.07) is 16.9. The maximum absolute atomic E-state index is 13.5. The van der Waals surface area contributed by atoms with Crippen LogP contribution in [0.25, 0.3) is 11.1 Å². The molecule has 0 aromatic heterocycles. The van der Waals surface area contributed by atoms with Crippen LogP contribution in [0.5, 0.6) is 34.5 Å². The highest BCUT2D eigenvalue weighted by Crippen LogP contribution is 2.61. The van der Waals surface area contributed by atoms with Crippen LogP contribution in [0.1, 0.15) is 454 Å².